The van der Waals surface area contributed by atoms with Crippen molar-refractivity contribution in [3.63, 3.8) is 0 Å². The number of likely N-dealkylation sites (N-methyl/N-ethyl adjacent to an activating group) is 1. The fourth-order valence-electron chi connectivity index (χ4n) is 1.33. The van der Waals surface area contributed by atoms with Gasteiger partial charge in [-0.3, -0.25) is 4.90 Å². The van der Waals surface area contributed by atoms with E-state index in [1.165, 1.54) is 0 Å². The number of hydrogen-bond donors (Lipinski definition) is 0. The average Bonchev–Trinajstić information content (AvgIpc) is 2.30. The van der Waals surface area contributed by atoms with Crippen LogP contribution in [-0.2, 0) is 9.47 Å². The normalized spacial score (nSPS) is 17.8. The van der Waals surface area contributed by atoms with Gasteiger partial charge in [-0.15, -0.1) is 0 Å². The molecule has 1 fully saturated rings. The minimum atomic E-state index is 0.0126. The molecule has 3 nitrogen and oxygen atoms in total. The van der Waals surface area contributed by atoms with Crippen LogP contribution in [0.2, 0.25) is 0 Å². The lowest BCUT2D eigenvalue weighted by molar-refractivity contribution is -0.186. The minimum absolute atomic E-state index is 0.0126. The summed E-state index contributed by atoms with van der Waals surface area (Å²) in [7, 11) is 0. The maximum atomic E-state index is 5.45. The highest BCUT2D eigenvalue weighted by molar-refractivity contribution is 4.58. The third-order valence-electron chi connectivity index (χ3n) is 2.20. The highest BCUT2D eigenvalue weighted by Crippen LogP contribution is 2.06. The van der Waals surface area contributed by atoms with Crippen LogP contribution in [0.1, 0.15) is 34.1 Å². The summed E-state index contributed by atoms with van der Waals surface area (Å²) in [6.45, 7) is 13.1. The molecule has 1 heterocycles. The Bertz CT molecular complexity index is 110. The van der Waals surface area contributed by atoms with Crippen LogP contribution in [-0.4, -0.2) is 44.0 Å². The zero-order chi connectivity index (χ0) is 10.8. The van der Waals surface area contributed by atoms with Gasteiger partial charge >= 0.3 is 0 Å². The first kappa shape index (κ1) is 13.9. The molecule has 86 valence electrons. The maximum absolute atomic E-state index is 5.45. The van der Waals surface area contributed by atoms with E-state index in [-0.39, 0.29) is 6.29 Å². The Balaban J connectivity index is 0.000000791. The molecule has 0 spiro atoms. The lowest BCUT2D eigenvalue weighted by Gasteiger charge is -2.28. The summed E-state index contributed by atoms with van der Waals surface area (Å²) in [6, 6.07) is 0. The molecule has 0 atom stereocenters. The van der Waals surface area contributed by atoms with Crippen molar-refractivity contribution in [1.82, 2.24) is 4.90 Å². The minimum Gasteiger partial charge on any atom is -0.351 e. The van der Waals surface area contributed by atoms with Crippen LogP contribution in [0, 0.1) is 0 Å². The molecule has 14 heavy (non-hydrogen) atoms. The molecule has 0 N–H and O–H groups in total. The molecule has 0 amide bonds. The first-order chi connectivity index (χ1) is 6.86. The Morgan fingerprint density at radius 2 is 1.57 bits per heavy atom. The van der Waals surface area contributed by atoms with Crippen LogP contribution < -0.4 is 0 Å². The zero-order valence-corrected chi connectivity index (χ0v) is 10.1. The quantitative estimate of drug-likeness (QED) is 0.698. The molecule has 1 rings (SSSR count). The van der Waals surface area contributed by atoms with Gasteiger partial charge in [-0.2, -0.15) is 0 Å². The molecule has 1 aliphatic heterocycles. The predicted molar refractivity (Wildman–Crippen MR) is 59.4 cm³/mol. The molecule has 0 aromatic carbocycles. The van der Waals surface area contributed by atoms with E-state index in [0.717, 1.165) is 39.3 Å². The largest absolute Gasteiger partial charge is 0.351 e. The second-order valence-corrected chi connectivity index (χ2v) is 3.01. The highest BCUT2D eigenvalue weighted by Gasteiger charge is 2.16. The van der Waals surface area contributed by atoms with Gasteiger partial charge in [0.1, 0.15) is 0 Å². The summed E-state index contributed by atoms with van der Waals surface area (Å²) in [6.07, 6.45) is 1.05. The maximum Gasteiger partial charge on any atom is 0.170 e. The predicted octanol–water partition coefficient (Wildman–Crippen LogP) is 2.12. The fraction of sp³-hybridized carbons (Fsp3) is 1.00. The molecule has 0 radical (unpaired) electrons. The smallest absolute Gasteiger partial charge is 0.170 e. The molecule has 0 aromatic rings. The van der Waals surface area contributed by atoms with E-state index >= 15 is 0 Å². The summed E-state index contributed by atoms with van der Waals surface area (Å²) >= 11 is 0. The summed E-state index contributed by atoms with van der Waals surface area (Å²) in [4.78, 5) is 2.32. The Kier molecular flexibility index (Phi) is 9.35. The van der Waals surface area contributed by atoms with Crippen LogP contribution in [0.15, 0.2) is 0 Å². The Morgan fingerprint density at radius 1 is 1.07 bits per heavy atom. The van der Waals surface area contributed by atoms with Crippen LogP contribution in [0.4, 0.5) is 0 Å². The molecule has 0 bridgehead atoms. The van der Waals surface area contributed by atoms with E-state index < -0.39 is 0 Å². The molecule has 0 aliphatic carbocycles. The molecular weight excluding hydrogens is 178 g/mol. The van der Waals surface area contributed by atoms with Crippen LogP contribution >= 0.6 is 0 Å². The van der Waals surface area contributed by atoms with Crippen LogP contribution in [0.3, 0.4) is 0 Å². The van der Waals surface area contributed by atoms with E-state index in [2.05, 4.69) is 18.7 Å². The Morgan fingerprint density at radius 3 is 2.00 bits per heavy atom. The van der Waals surface area contributed by atoms with Crippen molar-refractivity contribution < 1.29 is 9.47 Å². The molecule has 0 aromatic heterocycles. The van der Waals surface area contributed by atoms with Gasteiger partial charge in [0.2, 0.25) is 0 Å². The third kappa shape index (κ3) is 5.58. The number of hydrogen-bond acceptors (Lipinski definition) is 3. The monoisotopic (exact) mass is 203 g/mol. The fourth-order valence-corrected chi connectivity index (χ4v) is 1.33. The molecule has 1 saturated heterocycles. The zero-order valence-electron chi connectivity index (χ0n) is 10.1. The standard InChI is InChI=1S/C9H19NO2.C2H6/c1-3-10(4-2)8-9-11-6-5-7-12-9;1-2/h9H,3-8H2,1-2H3;1-2H3. The molecular formula is C11H25NO2. The van der Waals surface area contributed by atoms with Crippen LogP contribution in [0.5, 0.6) is 0 Å². The van der Waals surface area contributed by atoms with Gasteiger partial charge in [0.15, 0.2) is 6.29 Å². The van der Waals surface area contributed by atoms with Crippen molar-refractivity contribution in [3.05, 3.63) is 0 Å². The SMILES string of the molecule is CC.CCN(CC)CC1OCCCO1. The van der Waals surface area contributed by atoms with Crippen molar-refractivity contribution in [1.29, 1.82) is 0 Å². The van der Waals surface area contributed by atoms with E-state index in [0.29, 0.717) is 0 Å². The van der Waals surface area contributed by atoms with Gasteiger partial charge in [-0.05, 0) is 19.5 Å². The first-order valence-electron chi connectivity index (χ1n) is 5.82. The van der Waals surface area contributed by atoms with Gasteiger partial charge < -0.3 is 9.47 Å². The lowest BCUT2D eigenvalue weighted by Crippen LogP contribution is -2.38. The lowest BCUT2D eigenvalue weighted by atomic mass is 10.4. The van der Waals surface area contributed by atoms with Crippen molar-refractivity contribution in [2.24, 2.45) is 0 Å². The molecule has 3 heteroatoms. The summed E-state index contributed by atoms with van der Waals surface area (Å²) < 4.78 is 10.9. The van der Waals surface area contributed by atoms with E-state index in [4.69, 9.17) is 9.47 Å². The average molecular weight is 203 g/mol. The summed E-state index contributed by atoms with van der Waals surface area (Å²) in [5.41, 5.74) is 0. The van der Waals surface area contributed by atoms with Gasteiger partial charge in [-0.1, -0.05) is 27.7 Å². The summed E-state index contributed by atoms with van der Waals surface area (Å²) in [5.74, 6) is 0. The van der Waals surface area contributed by atoms with Crippen LogP contribution in [0.25, 0.3) is 0 Å². The van der Waals surface area contributed by atoms with Gasteiger partial charge in [0, 0.05) is 6.54 Å². The van der Waals surface area contributed by atoms with Gasteiger partial charge in [0.25, 0.3) is 0 Å². The molecule has 0 unspecified atom stereocenters. The number of ether oxygens (including phenoxy) is 2. The highest BCUT2D eigenvalue weighted by atomic mass is 16.7. The van der Waals surface area contributed by atoms with Gasteiger partial charge in [0.05, 0.1) is 13.2 Å². The van der Waals surface area contributed by atoms with Crippen molar-refractivity contribution in [2.75, 3.05) is 32.8 Å². The van der Waals surface area contributed by atoms with Crippen molar-refractivity contribution >= 4 is 0 Å². The van der Waals surface area contributed by atoms with Gasteiger partial charge in [-0.25, -0.2) is 0 Å². The second kappa shape index (κ2) is 9.44. The summed E-state index contributed by atoms with van der Waals surface area (Å²) in [5, 5.41) is 0. The third-order valence-corrected chi connectivity index (χ3v) is 2.20. The number of nitrogens with zero attached hydrogens (tertiary/aromatic N) is 1. The Labute approximate surface area is 88.4 Å². The topological polar surface area (TPSA) is 21.7 Å². The van der Waals surface area contributed by atoms with E-state index in [1.54, 1.807) is 0 Å². The number of rotatable bonds is 4. The van der Waals surface area contributed by atoms with E-state index in [1.807, 2.05) is 13.8 Å². The van der Waals surface area contributed by atoms with Crippen molar-refractivity contribution in [3.8, 4) is 0 Å². The van der Waals surface area contributed by atoms with E-state index in [9.17, 15) is 0 Å². The van der Waals surface area contributed by atoms with Crippen molar-refractivity contribution in [2.45, 2.75) is 40.4 Å². The molecule has 0 saturated carbocycles. The first-order valence-corrected chi connectivity index (χ1v) is 5.82. The Hall–Kier alpha value is -0.120. The second-order valence-electron chi connectivity index (χ2n) is 3.01. The molecule has 1 aliphatic rings.